The number of anilines is 2. The van der Waals surface area contributed by atoms with E-state index in [0.717, 1.165) is 18.8 Å². The Labute approximate surface area is 189 Å². The Kier molecular flexibility index (Phi) is 5.16. The van der Waals surface area contributed by atoms with Crippen LogP contribution in [0.5, 0.6) is 6.08 Å². The molecule has 2 aromatic heterocycles. The lowest BCUT2D eigenvalue weighted by Gasteiger charge is -2.37. The molecule has 0 saturated carbocycles. The van der Waals surface area contributed by atoms with Gasteiger partial charge in [0.1, 0.15) is 11.0 Å². The van der Waals surface area contributed by atoms with E-state index in [-0.39, 0.29) is 11.6 Å². The van der Waals surface area contributed by atoms with E-state index in [1.807, 2.05) is 6.07 Å². The van der Waals surface area contributed by atoms with Crippen LogP contribution in [0.3, 0.4) is 0 Å². The van der Waals surface area contributed by atoms with E-state index in [1.54, 1.807) is 25.4 Å². The van der Waals surface area contributed by atoms with E-state index >= 15 is 0 Å². The van der Waals surface area contributed by atoms with Gasteiger partial charge in [0.15, 0.2) is 11.4 Å². The van der Waals surface area contributed by atoms with E-state index < -0.39 is 11.7 Å². The largest absolute Gasteiger partial charge is 0.453 e. The summed E-state index contributed by atoms with van der Waals surface area (Å²) in [7, 11) is 3.18. The number of nitrogens with zero attached hydrogens (tertiary/aromatic N) is 4. The van der Waals surface area contributed by atoms with Crippen molar-refractivity contribution >= 4 is 39.3 Å². The number of rotatable bonds is 4. The lowest BCUT2D eigenvalue weighted by atomic mass is 10.1. The Morgan fingerprint density at radius 1 is 1.24 bits per heavy atom. The maximum atomic E-state index is 14.5. The standard InChI is InChI=1S/C23H25FN6O3/c1-12-9-30(10-13(2)25-12)18-6-5-16(20-21(18)33-23(27-20)32-4)22(31)26-15-7-14-11-29(3)28-19(14)17(24)8-15/h5-8,11-13,25H,9-10H2,1-4H3,(H,26,31)/t12-,13-/m1/s1. The van der Waals surface area contributed by atoms with Crippen molar-refractivity contribution in [2.75, 3.05) is 30.4 Å². The number of methoxy groups -OCH3 is 1. The molecule has 33 heavy (non-hydrogen) atoms. The molecule has 1 fully saturated rings. The van der Waals surface area contributed by atoms with Crippen molar-refractivity contribution < 1.29 is 18.3 Å². The second kappa shape index (κ2) is 8.04. The highest BCUT2D eigenvalue weighted by Crippen LogP contribution is 2.34. The van der Waals surface area contributed by atoms with Crippen molar-refractivity contribution in [1.82, 2.24) is 20.1 Å². The molecule has 4 aromatic rings. The van der Waals surface area contributed by atoms with Crippen LogP contribution in [0.2, 0.25) is 0 Å². The van der Waals surface area contributed by atoms with Gasteiger partial charge in [-0.05, 0) is 38.1 Å². The number of aromatic nitrogens is 3. The summed E-state index contributed by atoms with van der Waals surface area (Å²) in [5, 5.41) is 11.0. The van der Waals surface area contributed by atoms with Gasteiger partial charge in [0.25, 0.3) is 5.91 Å². The van der Waals surface area contributed by atoms with Crippen LogP contribution in [0.4, 0.5) is 15.8 Å². The van der Waals surface area contributed by atoms with Crippen LogP contribution >= 0.6 is 0 Å². The van der Waals surface area contributed by atoms with Crippen LogP contribution in [0.1, 0.15) is 24.2 Å². The highest BCUT2D eigenvalue weighted by molar-refractivity contribution is 6.13. The number of carbonyl (C=O) groups excluding carboxylic acids is 1. The van der Waals surface area contributed by atoms with Crippen molar-refractivity contribution in [1.29, 1.82) is 0 Å². The van der Waals surface area contributed by atoms with E-state index in [2.05, 4.69) is 39.5 Å². The number of fused-ring (bicyclic) bond motifs is 2. The van der Waals surface area contributed by atoms with E-state index in [1.165, 1.54) is 17.9 Å². The minimum absolute atomic E-state index is 0.0746. The Bertz CT molecular complexity index is 1350. The Balaban J connectivity index is 1.52. The van der Waals surface area contributed by atoms with Gasteiger partial charge >= 0.3 is 6.08 Å². The molecule has 0 aliphatic carbocycles. The first-order valence-electron chi connectivity index (χ1n) is 10.7. The minimum Gasteiger partial charge on any atom is -0.453 e. The third kappa shape index (κ3) is 3.86. The Morgan fingerprint density at radius 2 is 2.00 bits per heavy atom. The third-order valence-corrected chi connectivity index (χ3v) is 5.76. The number of oxazole rings is 1. The van der Waals surface area contributed by atoms with Crippen LogP contribution < -0.4 is 20.3 Å². The summed E-state index contributed by atoms with van der Waals surface area (Å²) in [5.74, 6) is -0.930. The van der Waals surface area contributed by atoms with Gasteiger partial charge in [-0.25, -0.2) is 4.39 Å². The van der Waals surface area contributed by atoms with Gasteiger partial charge in [-0.15, -0.1) is 0 Å². The zero-order valence-corrected chi connectivity index (χ0v) is 18.8. The quantitative estimate of drug-likeness (QED) is 0.490. The summed E-state index contributed by atoms with van der Waals surface area (Å²) in [6, 6.07) is 7.11. The van der Waals surface area contributed by atoms with Crippen LogP contribution in [0, 0.1) is 5.82 Å². The first-order valence-corrected chi connectivity index (χ1v) is 10.7. The number of ether oxygens (including phenoxy) is 1. The van der Waals surface area contributed by atoms with Gasteiger partial charge in [-0.2, -0.15) is 10.1 Å². The molecule has 5 rings (SSSR count). The van der Waals surface area contributed by atoms with Gasteiger partial charge in [-0.3, -0.25) is 9.48 Å². The molecule has 10 heteroatoms. The second-order valence-electron chi connectivity index (χ2n) is 8.52. The fraction of sp³-hybridized carbons (Fsp3) is 0.348. The molecule has 0 spiro atoms. The van der Waals surface area contributed by atoms with Crippen LogP contribution in [0.25, 0.3) is 22.0 Å². The molecular weight excluding hydrogens is 427 g/mol. The number of halogens is 1. The maximum Gasteiger partial charge on any atom is 0.394 e. The maximum absolute atomic E-state index is 14.5. The zero-order chi connectivity index (χ0) is 23.3. The number of amides is 1. The van der Waals surface area contributed by atoms with Crippen molar-refractivity contribution in [2.24, 2.45) is 7.05 Å². The molecule has 2 atom stereocenters. The van der Waals surface area contributed by atoms with Gasteiger partial charge in [0.05, 0.1) is 18.4 Å². The first kappa shape index (κ1) is 21.2. The molecule has 1 amide bonds. The summed E-state index contributed by atoms with van der Waals surface area (Å²) in [4.78, 5) is 19.8. The number of benzene rings is 2. The van der Waals surface area contributed by atoms with Crippen LogP contribution in [-0.4, -0.2) is 53.0 Å². The summed E-state index contributed by atoms with van der Waals surface area (Å²) < 4.78 is 27.0. The van der Waals surface area contributed by atoms with Gasteiger partial charge in [0, 0.05) is 49.5 Å². The minimum atomic E-state index is -0.506. The molecule has 1 saturated heterocycles. The van der Waals surface area contributed by atoms with E-state index in [4.69, 9.17) is 9.15 Å². The van der Waals surface area contributed by atoms with Gasteiger partial charge in [-0.1, -0.05) is 0 Å². The van der Waals surface area contributed by atoms with Crippen molar-refractivity contribution in [2.45, 2.75) is 25.9 Å². The molecule has 2 aromatic carbocycles. The topological polar surface area (TPSA) is 97.4 Å². The van der Waals surface area contributed by atoms with Crippen LogP contribution in [0.15, 0.2) is 34.9 Å². The van der Waals surface area contributed by atoms with Crippen LogP contribution in [-0.2, 0) is 7.05 Å². The lowest BCUT2D eigenvalue weighted by Crippen LogP contribution is -2.54. The van der Waals surface area contributed by atoms with Crippen molar-refractivity contribution in [3.8, 4) is 6.08 Å². The number of piperazine rings is 1. The number of nitrogens with one attached hydrogen (secondary N) is 2. The summed E-state index contributed by atoms with van der Waals surface area (Å²) in [6.45, 7) is 5.83. The molecule has 172 valence electrons. The smallest absolute Gasteiger partial charge is 0.394 e. The van der Waals surface area contributed by atoms with Gasteiger partial charge in [0.2, 0.25) is 0 Å². The normalized spacial score (nSPS) is 18.8. The molecule has 3 heterocycles. The SMILES string of the molecule is COc1nc2c(C(=O)Nc3cc(F)c4nn(C)cc4c3)ccc(N3C[C@@H](C)N[C@H](C)C3)c2o1. The first-order chi connectivity index (χ1) is 15.8. The highest BCUT2D eigenvalue weighted by Gasteiger charge is 2.26. The Morgan fingerprint density at radius 3 is 2.73 bits per heavy atom. The fourth-order valence-electron chi connectivity index (χ4n) is 4.50. The summed E-state index contributed by atoms with van der Waals surface area (Å²) in [5.41, 5.74) is 2.61. The predicted octanol–water partition coefficient (Wildman–Crippen LogP) is 3.30. The average Bonchev–Trinajstić information content (AvgIpc) is 3.35. The number of carbonyl (C=O) groups is 1. The lowest BCUT2D eigenvalue weighted by molar-refractivity contribution is 0.102. The van der Waals surface area contributed by atoms with Crippen molar-refractivity contribution in [3.05, 3.63) is 41.8 Å². The highest BCUT2D eigenvalue weighted by atomic mass is 19.1. The summed E-state index contributed by atoms with van der Waals surface area (Å²) >= 11 is 0. The van der Waals surface area contributed by atoms with E-state index in [0.29, 0.717) is 39.8 Å². The fourth-order valence-corrected chi connectivity index (χ4v) is 4.50. The molecular formula is C23H25FN6O3. The van der Waals surface area contributed by atoms with Crippen molar-refractivity contribution in [3.63, 3.8) is 0 Å². The molecule has 1 aliphatic rings. The molecule has 0 unspecified atom stereocenters. The number of aryl methyl sites for hydroxylation is 1. The van der Waals surface area contributed by atoms with E-state index in [9.17, 15) is 9.18 Å². The molecule has 9 nitrogen and oxygen atoms in total. The Hall–Kier alpha value is -3.66. The molecule has 1 aliphatic heterocycles. The number of hydrogen-bond donors (Lipinski definition) is 2. The molecule has 0 bridgehead atoms. The number of hydrogen-bond acceptors (Lipinski definition) is 7. The van der Waals surface area contributed by atoms with Gasteiger partial charge < -0.3 is 24.7 Å². The average molecular weight is 452 g/mol. The molecule has 0 radical (unpaired) electrons. The zero-order valence-electron chi connectivity index (χ0n) is 18.8. The third-order valence-electron chi connectivity index (χ3n) is 5.76. The summed E-state index contributed by atoms with van der Waals surface area (Å²) in [6.07, 6.45) is 1.77. The second-order valence-corrected chi connectivity index (χ2v) is 8.52. The predicted molar refractivity (Wildman–Crippen MR) is 123 cm³/mol. The monoisotopic (exact) mass is 452 g/mol. The molecule has 2 N–H and O–H groups in total.